The summed E-state index contributed by atoms with van der Waals surface area (Å²) in [6, 6.07) is 15.7. The van der Waals surface area contributed by atoms with E-state index in [1.165, 1.54) is 0 Å². The maximum absolute atomic E-state index is 12.0. The van der Waals surface area contributed by atoms with Gasteiger partial charge in [0.25, 0.3) is 0 Å². The number of nitrogens with zero attached hydrogens (tertiary/aromatic N) is 1. The highest BCUT2D eigenvalue weighted by atomic mass is 16.5. The van der Waals surface area contributed by atoms with Crippen molar-refractivity contribution in [1.82, 2.24) is 5.32 Å². The van der Waals surface area contributed by atoms with Crippen LogP contribution in [0.3, 0.4) is 0 Å². The summed E-state index contributed by atoms with van der Waals surface area (Å²) in [5.74, 6) is 0.773. The summed E-state index contributed by atoms with van der Waals surface area (Å²) in [6.07, 6.45) is 0.354. The van der Waals surface area contributed by atoms with Gasteiger partial charge in [-0.3, -0.25) is 4.79 Å². The summed E-state index contributed by atoms with van der Waals surface area (Å²) in [4.78, 5) is 14.0. The molecule has 0 bridgehead atoms. The fourth-order valence-corrected chi connectivity index (χ4v) is 2.14. The molecule has 22 heavy (non-hydrogen) atoms. The van der Waals surface area contributed by atoms with E-state index in [0.717, 1.165) is 22.6 Å². The van der Waals surface area contributed by atoms with E-state index in [4.69, 9.17) is 4.74 Å². The third-order valence-corrected chi connectivity index (χ3v) is 3.44. The average Bonchev–Trinajstić information content (AvgIpc) is 2.53. The minimum Gasteiger partial charge on any atom is -0.497 e. The highest BCUT2D eigenvalue weighted by molar-refractivity contribution is 5.78. The topological polar surface area (TPSA) is 41.6 Å². The van der Waals surface area contributed by atoms with Gasteiger partial charge in [-0.1, -0.05) is 24.3 Å². The highest BCUT2D eigenvalue weighted by Gasteiger charge is 2.04. The Bertz CT molecular complexity index is 621. The number of nitrogens with one attached hydrogen (secondary N) is 1. The number of anilines is 1. The van der Waals surface area contributed by atoms with Crippen LogP contribution >= 0.6 is 0 Å². The van der Waals surface area contributed by atoms with Crippen molar-refractivity contribution in [3.05, 3.63) is 59.7 Å². The SMILES string of the molecule is COc1cccc(CC(=O)NCc2ccc(N(C)C)cc2)c1. The van der Waals surface area contributed by atoms with Crippen molar-refractivity contribution in [3.63, 3.8) is 0 Å². The fraction of sp³-hybridized carbons (Fsp3) is 0.278. The summed E-state index contributed by atoms with van der Waals surface area (Å²) in [6.45, 7) is 0.538. The zero-order valence-corrected chi connectivity index (χ0v) is 13.3. The van der Waals surface area contributed by atoms with Crippen molar-refractivity contribution < 1.29 is 9.53 Å². The normalized spacial score (nSPS) is 10.1. The van der Waals surface area contributed by atoms with Crippen LogP contribution < -0.4 is 15.0 Å². The summed E-state index contributed by atoms with van der Waals surface area (Å²) >= 11 is 0. The number of amides is 1. The number of hydrogen-bond donors (Lipinski definition) is 1. The standard InChI is InChI=1S/C18H22N2O2/c1-20(2)16-9-7-14(8-10-16)13-19-18(21)12-15-5-4-6-17(11-15)22-3/h4-11H,12-13H2,1-3H3,(H,19,21). The zero-order valence-electron chi connectivity index (χ0n) is 13.3. The number of carbonyl (C=O) groups is 1. The van der Waals surface area contributed by atoms with Crippen LogP contribution in [0.2, 0.25) is 0 Å². The predicted octanol–water partition coefficient (Wildman–Crippen LogP) is 2.62. The molecule has 0 aliphatic heterocycles. The third kappa shape index (κ3) is 4.52. The molecule has 4 nitrogen and oxygen atoms in total. The Morgan fingerprint density at radius 3 is 2.45 bits per heavy atom. The molecule has 4 heteroatoms. The Hall–Kier alpha value is -2.49. The molecule has 1 N–H and O–H groups in total. The lowest BCUT2D eigenvalue weighted by Crippen LogP contribution is -2.24. The van der Waals surface area contributed by atoms with Gasteiger partial charge in [0, 0.05) is 26.3 Å². The largest absolute Gasteiger partial charge is 0.497 e. The number of ether oxygens (including phenoxy) is 1. The lowest BCUT2D eigenvalue weighted by Gasteiger charge is -2.13. The van der Waals surface area contributed by atoms with Crippen molar-refractivity contribution >= 4 is 11.6 Å². The highest BCUT2D eigenvalue weighted by Crippen LogP contribution is 2.14. The first-order chi connectivity index (χ1) is 10.6. The summed E-state index contributed by atoms with van der Waals surface area (Å²) < 4.78 is 5.16. The molecule has 0 radical (unpaired) electrons. The van der Waals surface area contributed by atoms with Crippen molar-refractivity contribution in [1.29, 1.82) is 0 Å². The molecule has 0 heterocycles. The van der Waals surface area contributed by atoms with Crippen molar-refractivity contribution in [2.75, 3.05) is 26.1 Å². The van der Waals surface area contributed by atoms with E-state index in [2.05, 4.69) is 5.32 Å². The third-order valence-electron chi connectivity index (χ3n) is 3.44. The van der Waals surface area contributed by atoms with Crippen LogP contribution in [0, 0.1) is 0 Å². The Labute approximate surface area is 131 Å². The van der Waals surface area contributed by atoms with Crippen LogP contribution in [-0.4, -0.2) is 27.1 Å². The summed E-state index contributed by atoms with van der Waals surface area (Å²) in [7, 11) is 5.63. The number of hydrogen-bond acceptors (Lipinski definition) is 3. The van der Waals surface area contributed by atoms with Crippen LogP contribution in [-0.2, 0) is 17.8 Å². The molecule has 1 amide bonds. The van der Waals surface area contributed by atoms with Gasteiger partial charge in [0.05, 0.1) is 13.5 Å². The maximum atomic E-state index is 12.0. The molecule has 0 aromatic heterocycles. The number of carbonyl (C=O) groups excluding carboxylic acids is 1. The van der Waals surface area contributed by atoms with E-state index in [-0.39, 0.29) is 5.91 Å². The van der Waals surface area contributed by atoms with Crippen molar-refractivity contribution in [3.8, 4) is 5.75 Å². The quantitative estimate of drug-likeness (QED) is 0.891. The summed E-state index contributed by atoms with van der Waals surface area (Å²) in [5.41, 5.74) is 3.18. The second-order valence-electron chi connectivity index (χ2n) is 5.37. The summed E-state index contributed by atoms with van der Waals surface area (Å²) in [5, 5.41) is 2.94. The smallest absolute Gasteiger partial charge is 0.224 e. The Kier molecular flexibility index (Phi) is 5.42. The van der Waals surface area contributed by atoms with Crippen LogP contribution in [0.1, 0.15) is 11.1 Å². The molecule has 2 rings (SSSR count). The Morgan fingerprint density at radius 1 is 1.09 bits per heavy atom. The van der Waals surface area contributed by atoms with Gasteiger partial charge in [-0.25, -0.2) is 0 Å². The molecule has 0 atom stereocenters. The number of methoxy groups -OCH3 is 1. The number of benzene rings is 2. The lowest BCUT2D eigenvalue weighted by atomic mass is 10.1. The van der Waals surface area contributed by atoms with Gasteiger partial charge < -0.3 is 15.0 Å². The van der Waals surface area contributed by atoms with E-state index in [1.807, 2.05) is 67.5 Å². The molecular formula is C18H22N2O2. The first-order valence-corrected chi connectivity index (χ1v) is 7.24. The molecule has 0 aliphatic carbocycles. The van der Waals surface area contributed by atoms with E-state index in [0.29, 0.717) is 13.0 Å². The van der Waals surface area contributed by atoms with Crippen molar-refractivity contribution in [2.45, 2.75) is 13.0 Å². The van der Waals surface area contributed by atoms with Gasteiger partial charge in [-0.2, -0.15) is 0 Å². The van der Waals surface area contributed by atoms with Gasteiger partial charge in [0.2, 0.25) is 5.91 Å². The molecule has 0 saturated carbocycles. The number of rotatable bonds is 6. The fourth-order valence-electron chi connectivity index (χ4n) is 2.14. The van der Waals surface area contributed by atoms with Gasteiger partial charge >= 0.3 is 0 Å². The minimum absolute atomic E-state index is 0.00457. The second-order valence-corrected chi connectivity index (χ2v) is 5.37. The first kappa shape index (κ1) is 15.9. The van der Waals surface area contributed by atoms with E-state index in [1.54, 1.807) is 7.11 Å². The molecule has 0 fully saturated rings. The van der Waals surface area contributed by atoms with E-state index < -0.39 is 0 Å². The lowest BCUT2D eigenvalue weighted by molar-refractivity contribution is -0.120. The predicted molar refractivity (Wildman–Crippen MR) is 89.3 cm³/mol. The molecular weight excluding hydrogens is 276 g/mol. The molecule has 0 unspecified atom stereocenters. The Balaban J connectivity index is 1.87. The monoisotopic (exact) mass is 298 g/mol. The van der Waals surface area contributed by atoms with E-state index >= 15 is 0 Å². The molecule has 116 valence electrons. The van der Waals surface area contributed by atoms with Crippen LogP contribution in [0.25, 0.3) is 0 Å². The molecule has 0 saturated heterocycles. The zero-order chi connectivity index (χ0) is 15.9. The van der Waals surface area contributed by atoms with Gasteiger partial charge in [-0.15, -0.1) is 0 Å². The van der Waals surface area contributed by atoms with E-state index in [9.17, 15) is 4.79 Å². The second kappa shape index (κ2) is 7.50. The molecule has 0 aliphatic rings. The van der Waals surface area contributed by atoms with Crippen LogP contribution in [0.15, 0.2) is 48.5 Å². The van der Waals surface area contributed by atoms with Gasteiger partial charge in [0.1, 0.15) is 5.75 Å². The van der Waals surface area contributed by atoms with Crippen LogP contribution in [0.4, 0.5) is 5.69 Å². The van der Waals surface area contributed by atoms with Gasteiger partial charge in [-0.05, 0) is 35.4 Å². The molecule has 0 spiro atoms. The first-order valence-electron chi connectivity index (χ1n) is 7.24. The van der Waals surface area contributed by atoms with Gasteiger partial charge in [0.15, 0.2) is 0 Å². The molecule has 2 aromatic carbocycles. The van der Waals surface area contributed by atoms with Crippen LogP contribution in [0.5, 0.6) is 5.75 Å². The Morgan fingerprint density at radius 2 is 1.82 bits per heavy atom. The average molecular weight is 298 g/mol. The maximum Gasteiger partial charge on any atom is 0.224 e. The minimum atomic E-state index is 0.00457. The molecule has 2 aromatic rings. The van der Waals surface area contributed by atoms with Crippen molar-refractivity contribution in [2.24, 2.45) is 0 Å².